The van der Waals surface area contributed by atoms with Gasteiger partial charge in [0.25, 0.3) is 0 Å². The number of fused-ring (bicyclic) bond motifs is 5. The van der Waals surface area contributed by atoms with E-state index in [0.717, 1.165) is 55.3 Å². The fraction of sp³-hybridized carbons (Fsp3) is 0.935. The summed E-state index contributed by atoms with van der Waals surface area (Å²) >= 11 is 0. The molecule has 0 bridgehead atoms. The maximum atomic E-state index is 13.2. The monoisotopic (exact) mass is 587 g/mol. The lowest BCUT2D eigenvalue weighted by atomic mass is 9.44. The van der Waals surface area contributed by atoms with Gasteiger partial charge in [-0.2, -0.15) is 13.2 Å². The minimum atomic E-state index is -4.52. The molecule has 0 aromatic rings. The Balaban J connectivity index is 1.37. The molecule has 4 aliphatic carbocycles. The first-order valence-corrected chi connectivity index (χ1v) is 15.8. The SMILES string of the molecule is C/C(=N\OC(=O)N(CCNCC[N+](C)(C)C)CC(F)(F)F)[C@H]1CC[C@H]2[C@@H]3CC[C@H]4C[C@@H](O)CC[C@]4(C)[C@H]3CC[C@]12C. The first-order chi connectivity index (χ1) is 19.0. The molecule has 0 aromatic heterocycles. The van der Waals surface area contributed by atoms with Crippen molar-refractivity contribution < 1.29 is 32.4 Å². The Kier molecular flexibility index (Phi) is 9.76. The number of carbonyl (C=O) groups excluding carboxylic acids is 1. The molecule has 0 spiro atoms. The molecule has 0 heterocycles. The van der Waals surface area contributed by atoms with Crippen LogP contribution in [0.2, 0.25) is 0 Å². The Morgan fingerprint density at radius 1 is 1.02 bits per heavy atom. The fourth-order valence-electron chi connectivity index (χ4n) is 9.36. The van der Waals surface area contributed by atoms with Crippen molar-refractivity contribution in [1.82, 2.24) is 10.2 Å². The smallest absolute Gasteiger partial charge is 0.393 e. The molecule has 0 radical (unpaired) electrons. The van der Waals surface area contributed by atoms with Crippen molar-refractivity contribution in [1.29, 1.82) is 0 Å². The van der Waals surface area contributed by atoms with E-state index in [9.17, 15) is 23.1 Å². The van der Waals surface area contributed by atoms with Gasteiger partial charge in [-0.25, -0.2) is 4.79 Å². The van der Waals surface area contributed by atoms with Crippen molar-refractivity contribution in [3.8, 4) is 0 Å². The summed E-state index contributed by atoms with van der Waals surface area (Å²) in [5.41, 5.74) is 1.08. The van der Waals surface area contributed by atoms with Crippen molar-refractivity contribution in [2.75, 3.05) is 53.9 Å². The molecule has 41 heavy (non-hydrogen) atoms. The fourth-order valence-corrected chi connectivity index (χ4v) is 9.36. The molecule has 4 saturated carbocycles. The van der Waals surface area contributed by atoms with E-state index in [-0.39, 0.29) is 30.5 Å². The van der Waals surface area contributed by atoms with Crippen LogP contribution in [0, 0.1) is 40.4 Å². The van der Waals surface area contributed by atoms with Gasteiger partial charge in [-0.1, -0.05) is 19.0 Å². The van der Waals surface area contributed by atoms with Gasteiger partial charge in [0.15, 0.2) is 0 Å². The van der Waals surface area contributed by atoms with Gasteiger partial charge in [-0.3, -0.25) is 9.74 Å². The summed E-state index contributed by atoms with van der Waals surface area (Å²) in [4.78, 5) is 18.6. The van der Waals surface area contributed by atoms with Gasteiger partial charge in [0.2, 0.25) is 0 Å². The van der Waals surface area contributed by atoms with Crippen LogP contribution in [-0.2, 0) is 4.84 Å². The number of hydrogen-bond acceptors (Lipinski definition) is 5. The van der Waals surface area contributed by atoms with Gasteiger partial charge >= 0.3 is 12.3 Å². The molecule has 4 rings (SSSR count). The highest BCUT2D eigenvalue weighted by Crippen LogP contribution is 2.67. The molecule has 0 unspecified atom stereocenters. The van der Waals surface area contributed by atoms with Crippen LogP contribution in [0.5, 0.6) is 0 Å². The summed E-state index contributed by atoms with van der Waals surface area (Å²) in [6.45, 7) is 6.96. The molecule has 7 nitrogen and oxygen atoms in total. The number of nitrogens with zero attached hydrogens (tertiary/aromatic N) is 3. The predicted molar refractivity (Wildman–Crippen MR) is 154 cm³/mol. The molecule has 4 aliphatic rings. The van der Waals surface area contributed by atoms with E-state index in [1.54, 1.807) is 0 Å². The number of rotatable bonds is 9. The average molecular weight is 588 g/mol. The van der Waals surface area contributed by atoms with Gasteiger partial charge in [0.05, 0.1) is 39.5 Å². The van der Waals surface area contributed by atoms with E-state index in [4.69, 9.17) is 4.84 Å². The van der Waals surface area contributed by atoms with Crippen LogP contribution in [-0.4, -0.2) is 92.4 Å². The summed E-state index contributed by atoms with van der Waals surface area (Å²) in [5.74, 6) is 2.71. The average Bonchev–Trinajstić information content (AvgIpc) is 3.22. The van der Waals surface area contributed by atoms with Gasteiger partial charge in [0.1, 0.15) is 6.54 Å². The minimum absolute atomic E-state index is 0.0552. The van der Waals surface area contributed by atoms with Crippen molar-refractivity contribution in [3.05, 3.63) is 0 Å². The highest BCUT2D eigenvalue weighted by molar-refractivity contribution is 5.85. The molecule has 0 saturated heterocycles. The molecule has 0 aliphatic heterocycles. The van der Waals surface area contributed by atoms with Crippen molar-refractivity contribution >= 4 is 11.8 Å². The molecule has 2 N–H and O–H groups in total. The molecule has 0 aromatic carbocycles. The number of quaternary nitrogens is 1. The Morgan fingerprint density at radius 3 is 2.39 bits per heavy atom. The highest BCUT2D eigenvalue weighted by atomic mass is 19.4. The van der Waals surface area contributed by atoms with Crippen LogP contribution in [0.1, 0.15) is 78.6 Å². The molecule has 8 atom stereocenters. The summed E-state index contributed by atoms with van der Waals surface area (Å²) in [7, 11) is 6.13. The third-order valence-electron chi connectivity index (χ3n) is 11.6. The molecule has 4 fully saturated rings. The second-order valence-electron chi connectivity index (χ2n) is 15.2. The van der Waals surface area contributed by atoms with Crippen LogP contribution in [0.25, 0.3) is 0 Å². The van der Waals surface area contributed by atoms with Crippen molar-refractivity contribution in [2.45, 2.75) is 90.8 Å². The zero-order chi connectivity index (χ0) is 30.2. The lowest BCUT2D eigenvalue weighted by Crippen LogP contribution is -2.54. The van der Waals surface area contributed by atoms with Crippen LogP contribution in [0.3, 0.4) is 0 Å². The number of hydrogen-bond donors (Lipinski definition) is 2. The molecule has 236 valence electrons. The van der Waals surface area contributed by atoms with Crippen LogP contribution >= 0.6 is 0 Å². The summed E-state index contributed by atoms with van der Waals surface area (Å²) in [5, 5.41) is 17.6. The Bertz CT molecular complexity index is 954. The van der Waals surface area contributed by atoms with Gasteiger partial charge in [-0.15, -0.1) is 0 Å². The number of likely N-dealkylation sites (N-methyl/N-ethyl adjacent to an activating group) is 1. The van der Waals surface area contributed by atoms with Crippen LogP contribution in [0.4, 0.5) is 18.0 Å². The van der Waals surface area contributed by atoms with E-state index in [2.05, 4.69) is 24.3 Å². The zero-order valence-corrected chi connectivity index (χ0v) is 26.1. The maximum Gasteiger partial charge on any atom is 0.436 e. The summed E-state index contributed by atoms with van der Waals surface area (Å²) < 4.78 is 40.5. The first-order valence-electron chi connectivity index (χ1n) is 15.8. The highest BCUT2D eigenvalue weighted by Gasteiger charge is 2.60. The minimum Gasteiger partial charge on any atom is -0.393 e. The van der Waals surface area contributed by atoms with Crippen molar-refractivity contribution in [3.63, 3.8) is 0 Å². The summed E-state index contributed by atoms with van der Waals surface area (Å²) in [6, 6.07) is 0. The third-order valence-corrected chi connectivity index (χ3v) is 11.6. The maximum absolute atomic E-state index is 13.2. The molecule has 10 heteroatoms. The number of alkyl halides is 3. The molecular weight excluding hydrogens is 533 g/mol. The Labute approximate surface area is 244 Å². The lowest BCUT2D eigenvalue weighted by molar-refractivity contribution is -0.869. The van der Waals surface area contributed by atoms with E-state index in [1.807, 2.05) is 28.1 Å². The number of oxime groups is 1. The van der Waals surface area contributed by atoms with Crippen LogP contribution in [0.15, 0.2) is 5.16 Å². The Morgan fingerprint density at radius 2 is 1.71 bits per heavy atom. The standard InChI is InChI=1S/C31H54F3N4O3/c1-21(36-41-28(40)37(20-31(32,33)34)17-15-35-16-18-38(4,5)6)25-9-10-26-24-8-7-22-19-23(39)11-13-29(22,2)27(24)12-14-30(25,26)3/h22-27,35,39H,7-20H2,1-6H3/q+1/b36-21+/t22-,23-,24-,25+,26-,27-,29-,30+/m0/s1. The van der Waals surface area contributed by atoms with Crippen molar-refractivity contribution in [2.24, 2.45) is 45.6 Å². The predicted octanol–water partition coefficient (Wildman–Crippen LogP) is 5.68. The quantitative estimate of drug-likeness (QED) is 0.120. The summed E-state index contributed by atoms with van der Waals surface area (Å²) in [6.07, 6.45) is 4.01. The third kappa shape index (κ3) is 7.40. The lowest BCUT2D eigenvalue weighted by Gasteiger charge is -2.61. The topological polar surface area (TPSA) is 74.2 Å². The van der Waals surface area contributed by atoms with E-state index in [0.29, 0.717) is 40.5 Å². The molecular formula is C31H54F3N4O3+. The first kappa shape index (κ1) is 32.5. The Hall–Kier alpha value is -1.39. The molecule has 1 amide bonds. The number of carbonyl (C=O) groups is 1. The van der Waals surface area contributed by atoms with Gasteiger partial charge in [0, 0.05) is 25.6 Å². The van der Waals surface area contributed by atoms with E-state index in [1.165, 1.54) is 19.3 Å². The van der Waals surface area contributed by atoms with Gasteiger partial charge < -0.3 is 14.9 Å². The van der Waals surface area contributed by atoms with E-state index >= 15 is 0 Å². The second-order valence-corrected chi connectivity index (χ2v) is 15.2. The number of nitrogens with one attached hydrogen (secondary N) is 1. The largest absolute Gasteiger partial charge is 0.436 e. The number of aliphatic hydroxyl groups is 1. The normalized spacial score (nSPS) is 37.7. The number of aliphatic hydroxyl groups excluding tert-OH is 1. The second kappa shape index (κ2) is 12.3. The zero-order valence-electron chi connectivity index (χ0n) is 26.1. The number of amides is 1. The number of halogens is 3. The van der Waals surface area contributed by atoms with Crippen LogP contribution < -0.4 is 5.32 Å². The van der Waals surface area contributed by atoms with Gasteiger partial charge in [-0.05, 0) is 99.2 Å². The van der Waals surface area contributed by atoms with E-state index < -0.39 is 18.8 Å².